The van der Waals surface area contributed by atoms with Crippen molar-refractivity contribution in [2.45, 2.75) is 16.9 Å². The van der Waals surface area contributed by atoms with Crippen molar-refractivity contribution in [3.63, 3.8) is 0 Å². The van der Waals surface area contributed by atoms with Crippen LogP contribution in [-0.2, 0) is 11.3 Å². The number of hydrogen-bond acceptors (Lipinski definition) is 8. The van der Waals surface area contributed by atoms with Gasteiger partial charge in [-0.2, -0.15) is 14.6 Å². The molecule has 0 aliphatic carbocycles. The highest BCUT2D eigenvalue weighted by molar-refractivity contribution is 9.10. The third kappa shape index (κ3) is 3.28. The smallest absolute Gasteiger partial charge is 0.283 e. The van der Waals surface area contributed by atoms with E-state index in [0.29, 0.717) is 23.5 Å². The van der Waals surface area contributed by atoms with Crippen LogP contribution in [0.3, 0.4) is 0 Å². The van der Waals surface area contributed by atoms with E-state index in [1.54, 1.807) is 11.6 Å². The number of nitrogens with zero attached hydrogens (tertiary/aromatic N) is 6. The van der Waals surface area contributed by atoms with Crippen molar-refractivity contribution in [1.82, 2.24) is 29.8 Å². The van der Waals surface area contributed by atoms with Crippen LogP contribution < -0.4 is 0 Å². The summed E-state index contributed by atoms with van der Waals surface area (Å²) in [5, 5.41) is 13.6. The molecular formula is C15H11BrN6O2S. The Balaban J connectivity index is 1.68. The number of ether oxygens (including phenoxy) is 1. The van der Waals surface area contributed by atoms with Crippen molar-refractivity contribution in [1.29, 1.82) is 0 Å². The highest BCUT2D eigenvalue weighted by atomic mass is 79.9. The fraction of sp³-hybridized carbons (Fsp3) is 0.133. The first-order valence-corrected chi connectivity index (χ1v) is 8.80. The first-order valence-electron chi connectivity index (χ1n) is 7.19. The molecule has 8 nitrogen and oxygen atoms in total. The molecule has 3 heterocycles. The SMILES string of the molecule is COCc1cc(Sc2nnc(-c3ccccc3Br)o2)n2ncnc2n1. The van der Waals surface area contributed by atoms with E-state index >= 15 is 0 Å². The van der Waals surface area contributed by atoms with Crippen LogP contribution in [0, 0.1) is 0 Å². The molecule has 0 saturated heterocycles. The van der Waals surface area contributed by atoms with E-state index in [1.807, 2.05) is 30.3 Å². The van der Waals surface area contributed by atoms with Crippen molar-refractivity contribution < 1.29 is 9.15 Å². The second-order valence-electron chi connectivity index (χ2n) is 4.95. The fourth-order valence-electron chi connectivity index (χ4n) is 2.21. The molecule has 10 heteroatoms. The maximum atomic E-state index is 5.78. The average Bonchev–Trinajstić information content (AvgIpc) is 3.25. The lowest BCUT2D eigenvalue weighted by Gasteiger charge is -2.04. The van der Waals surface area contributed by atoms with E-state index in [2.05, 4.69) is 41.2 Å². The molecule has 25 heavy (non-hydrogen) atoms. The summed E-state index contributed by atoms with van der Waals surface area (Å²) >= 11 is 4.78. The van der Waals surface area contributed by atoms with Crippen LogP contribution in [0.15, 0.2) is 55.8 Å². The van der Waals surface area contributed by atoms with Crippen LogP contribution >= 0.6 is 27.7 Å². The molecule has 3 aromatic heterocycles. The van der Waals surface area contributed by atoms with Crippen molar-refractivity contribution in [3.05, 3.63) is 46.8 Å². The van der Waals surface area contributed by atoms with Crippen LogP contribution in [0.4, 0.5) is 0 Å². The lowest BCUT2D eigenvalue weighted by atomic mass is 10.2. The van der Waals surface area contributed by atoms with Crippen LogP contribution in [0.2, 0.25) is 0 Å². The van der Waals surface area contributed by atoms with Crippen molar-refractivity contribution >= 4 is 33.5 Å². The topological polar surface area (TPSA) is 91.2 Å². The quantitative estimate of drug-likeness (QED) is 0.456. The van der Waals surface area contributed by atoms with E-state index in [1.165, 1.54) is 18.1 Å². The number of halogens is 1. The highest BCUT2D eigenvalue weighted by Gasteiger charge is 2.15. The summed E-state index contributed by atoms with van der Waals surface area (Å²) in [6.07, 6.45) is 1.45. The van der Waals surface area contributed by atoms with E-state index in [-0.39, 0.29) is 0 Å². The van der Waals surface area contributed by atoms with Crippen LogP contribution in [0.25, 0.3) is 17.2 Å². The molecule has 0 fully saturated rings. The van der Waals surface area contributed by atoms with Gasteiger partial charge in [0.05, 0.1) is 17.9 Å². The Hall–Kier alpha value is -2.30. The van der Waals surface area contributed by atoms with Gasteiger partial charge in [0.1, 0.15) is 11.4 Å². The van der Waals surface area contributed by atoms with Gasteiger partial charge in [-0.15, -0.1) is 10.2 Å². The Morgan fingerprint density at radius 1 is 1.28 bits per heavy atom. The van der Waals surface area contributed by atoms with E-state index < -0.39 is 0 Å². The molecule has 4 rings (SSSR count). The maximum Gasteiger partial charge on any atom is 0.283 e. The van der Waals surface area contributed by atoms with Gasteiger partial charge >= 0.3 is 0 Å². The number of aromatic nitrogens is 6. The number of rotatable bonds is 5. The molecule has 0 N–H and O–H groups in total. The minimum absolute atomic E-state index is 0.378. The van der Waals surface area contributed by atoms with Gasteiger partial charge in [-0.3, -0.25) is 0 Å². The summed E-state index contributed by atoms with van der Waals surface area (Å²) in [6.45, 7) is 0.378. The third-order valence-corrected chi connectivity index (χ3v) is 4.80. The standard InChI is InChI=1S/C15H11BrN6O2S/c1-23-7-9-6-12(22-14(19-9)17-8-18-22)25-15-21-20-13(24-15)10-4-2-3-5-11(10)16/h2-6,8H,7H2,1H3. The molecule has 0 spiro atoms. The van der Waals surface area contributed by atoms with E-state index in [9.17, 15) is 0 Å². The maximum absolute atomic E-state index is 5.78. The zero-order chi connectivity index (χ0) is 17.2. The van der Waals surface area contributed by atoms with Gasteiger partial charge in [0, 0.05) is 11.6 Å². The molecule has 0 atom stereocenters. The van der Waals surface area contributed by atoms with Crippen LogP contribution in [-0.4, -0.2) is 36.9 Å². The molecule has 0 amide bonds. The Morgan fingerprint density at radius 2 is 2.16 bits per heavy atom. The monoisotopic (exact) mass is 418 g/mol. The van der Waals surface area contributed by atoms with E-state index in [0.717, 1.165) is 20.8 Å². The Bertz CT molecular complexity index is 1030. The van der Waals surface area contributed by atoms with Gasteiger partial charge in [-0.05, 0) is 45.9 Å². The average molecular weight is 419 g/mol. The number of benzene rings is 1. The van der Waals surface area contributed by atoms with Crippen LogP contribution in [0.1, 0.15) is 5.69 Å². The molecule has 0 saturated carbocycles. The Morgan fingerprint density at radius 3 is 3.00 bits per heavy atom. The normalized spacial score (nSPS) is 11.3. The lowest BCUT2D eigenvalue weighted by molar-refractivity contribution is 0.181. The fourth-order valence-corrected chi connectivity index (χ4v) is 3.46. The van der Waals surface area contributed by atoms with Crippen molar-refractivity contribution in [2.24, 2.45) is 0 Å². The zero-order valence-electron chi connectivity index (χ0n) is 13.0. The first-order chi connectivity index (χ1) is 12.2. The Labute approximate surface area is 154 Å². The molecule has 126 valence electrons. The molecule has 1 aromatic carbocycles. The minimum Gasteiger partial charge on any atom is -0.411 e. The molecule has 0 unspecified atom stereocenters. The van der Waals surface area contributed by atoms with Gasteiger partial charge in [-0.1, -0.05) is 12.1 Å². The number of hydrogen-bond donors (Lipinski definition) is 0. The summed E-state index contributed by atoms with van der Waals surface area (Å²) < 4.78 is 13.4. The van der Waals surface area contributed by atoms with Gasteiger partial charge in [0.2, 0.25) is 5.89 Å². The summed E-state index contributed by atoms with van der Waals surface area (Å²) in [4.78, 5) is 8.50. The van der Waals surface area contributed by atoms with E-state index in [4.69, 9.17) is 9.15 Å². The second-order valence-corrected chi connectivity index (χ2v) is 6.77. The molecule has 0 aliphatic heterocycles. The molecule has 0 bridgehead atoms. The molecule has 0 aliphatic rings. The van der Waals surface area contributed by atoms with Gasteiger partial charge in [0.25, 0.3) is 11.0 Å². The summed E-state index contributed by atoms with van der Waals surface area (Å²) in [5.74, 6) is 0.929. The largest absolute Gasteiger partial charge is 0.411 e. The predicted octanol–water partition coefficient (Wildman–Crippen LogP) is 3.23. The predicted molar refractivity (Wildman–Crippen MR) is 93.1 cm³/mol. The molecular weight excluding hydrogens is 408 g/mol. The minimum atomic E-state index is 0.378. The third-order valence-electron chi connectivity index (χ3n) is 3.27. The van der Waals surface area contributed by atoms with Gasteiger partial charge in [0.15, 0.2) is 0 Å². The number of methoxy groups -OCH3 is 1. The second kappa shape index (κ2) is 6.90. The highest BCUT2D eigenvalue weighted by Crippen LogP contribution is 2.32. The number of fused-ring (bicyclic) bond motifs is 1. The molecule has 0 radical (unpaired) electrons. The summed E-state index contributed by atoms with van der Waals surface area (Å²) in [7, 11) is 1.62. The lowest BCUT2D eigenvalue weighted by Crippen LogP contribution is -2.00. The zero-order valence-corrected chi connectivity index (χ0v) is 15.4. The van der Waals surface area contributed by atoms with Crippen LogP contribution in [0.5, 0.6) is 0 Å². The van der Waals surface area contributed by atoms with Crippen molar-refractivity contribution in [3.8, 4) is 11.5 Å². The van der Waals surface area contributed by atoms with Gasteiger partial charge in [-0.25, -0.2) is 4.98 Å². The van der Waals surface area contributed by atoms with Crippen molar-refractivity contribution in [2.75, 3.05) is 7.11 Å². The first kappa shape index (κ1) is 16.2. The summed E-state index contributed by atoms with van der Waals surface area (Å²) in [5.41, 5.74) is 1.58. The molecule has 4 aromatic rings. The Kier molecular flexibility index (Phi) is 4.47. The van der Waals surface area contributed by atoms with Gasteiger partial charge < -0.3 is 9.15 Å². The summed E-state index contributed by atoms with van der Waals surface area (Å²) in [6, 6.07) is 9.53.